The Morgan fingerprint density at radius 3 is 2.38 bits per heavy atom. The van der Waals surface area contributed by atoms with E-state index in [1.807, 2.05) is 0 Å². The van der Waals surface area contributed by atoms with Gasteiger partial charge in [0, 0.05) is 12.6 Å². The van der Waals surface area contributed by atoms with Crippen molar-refractivity contribution in [3.63, 3.8) is 0 Å². The van der Waals surface area contributed by atoms with Crippen molar-refractivity contribution in [2.75, 3.05) is 0 Å². The van der Waals surface area contributed by atoms with Crippen LogP contribution in [0.15, 0.2) is 21.5 Å². The van der Waals surface area contributed by atoms with E-state index in [1.165, 1.54) is 19.2 Å². The SMILES string of the molecule is Cc1noc(C)c1-c1cc(C(=O)O)c2c(c1)n(C(=O)O)c(=O)n2C. The second-order valence-corrected chi connectivity index (χ2v) is 5.36. The molecule has 0 fully saturated rings. The van der Waals surface area contributed by atoms with Gasteiger partial charge >= 0.3 is 17.8 Å². The van der Waals surface area contributed by atoms with Crippen molar-refractivity contribution >= 4 is 23.1 Å². The number of carboxylic acid groups (broad SMARTS) is 2. The Hall–Kier alpha value is -3.36. The summed E-state index contributed by atoms with van der Waals surface area (Å²) in [6, 6.07) is 2.83. The lowest BCUT2D eigenvalue weighted by molar-refractivity contribution is 0.0698. The molecule has 2 aromatic heterocycles. The van der Waals surface area contributed by atoms with Crippen molar-refractivity contribution in [1.29, 1.82) is 0 Å². The Morgan fingerprint density at radius 2 is 1.88 bits per heavy atom. The van der Waals surface area contributed by atoms with Gasteiger partial charge in [-0.2, -0.15) is 4.57 Å². The van der Waals surface area contributed by atoms with Gasteiger partial charge in [-0.15, -0.1) is 0 Å². The zero-order valence-electron chi connectivity index (χ0n) is 13.0. The zero-order chi connectivity index (χ0) is 17.8. The van der Waals surface area contributed by atoms with E-state index < -0.39 is 17.8 Å². The minimum atomic E-state index is -1.49. The van der Waals surface area contributed by atoms with Crippen LogP contribution in [0, 0.1) is 13.8 Å². The molecule has 0 atom stereocenters. The van der Waals surface area contributed by atoms with Crippen LogP contribution in [0.3, 0.4) is 0 Å². The van der Waals surface area contributed by atoms with E-state index in [4.69, 9.17) is 4.52 Å². The van der Waals surface area contributed by atoms with E-state index >= 15 is 0 Å². The number of fused-ring (bicyclic) bond motifs is 1. The molecule has 3 aromatic rings. The van der Waals surface area contributed by atoms with E-state index in [2.05, 4.69) is 5.16 Å². The Balaban J connectivity index is 2.53. The number of rotatable bonds is 2. The van der Waals surface area contributed by atoms with Gasteiger partial charge in [0.15, 0.2) is 0 Å². The summed E-state index contributed by atoms with van der Waals surface area (Å²) in [5.74, 6) is -0.810. The fraction of sp³-hybridized carbons (Fsp3) is 0.200. The monoisotopic (exact) mass is 331 g/mol. The molecule has 3 rings (SSSR count). The highest BCUT2D eigenvalue weighted by Crippen LogP contribution is 2.31. The van der Waals surface area contributed by atoms with Crippen LogP contribution in [0.2, 0.25) is 0 Å². The number of aromatic nitrogens is 3. The second kappa shape index (κ2) is 5.08. The van der Waals surface area contributed by atoms with Gasteiger partial charge in [-0.05, 0) is 31.5 Å². The number of hydrogen-bond acceptors (Lipinski definition) is 5. The molecule has 0 aliphatic carbocycles. The molecule has 9 heteroatoms. The van der Waals surface area contributed by atoms with E-state index in [0.717, 1.165) is 4.57 Å². The summed E-state index contributed by atoms with van der Waals surface area (Å²) in [4.78, 5) is 35.2. The quantitative estimate of drug-likeness (QED) is 0.733. The van der Waals surface area contributed by atoms with Crippen LogP contribution in [0.25, 0.3) is 22.2 Å². The van der Waals surface area contributed by atoms with Crippen molar-refractivity contribution in [1.82, 2.24) is 14.3 Å². The third kappa shape index (κ3) is 2.02. The molecule has 0 radical (unpaired) electrons. The first-order chi connectivity index (χ1) is 11.2. The molecule has 1 aromatic carbocycles. The van der Waals surface area contributed by atoms with Crippen LogP contribution in [-0.2, 0) is 7.05 Å². The van der Waals surface area contributed by atoms with E-state index in [0.29, 0.717) is 27.1 Å². The van der Waals surface area contributed by atoms with E-state index in [9.17, 15) is 24.6 Å². The molecule has 2 N–H and O–H groups in total. The first kappa shape index (κ1) is 15.5. The first-order valence-electron chi connectivity index (χ1n) is 6.89. The normalized spacial score (nSPS) is 11.1. The average molecular weight is 331 g/mol. The summed E-state index contributed by atoms with van der Waals surface area (Å²) in [5.41, 5.74) is 0.515. The van der Waals surface area contributed by atoms with Gasteiger partial charge in [-0.25, -0.2) is 14.4 Å². The highest BCUT2D eigenvalue weighted by Gasteiger charge is 2.24. The lowest BCUT2D eigenvalue weighted by Gasteiger charge is -2.06. The van der Waals surface area contributed by atoms with Crippen molar-refractivity contribution in [2.45, 2.75) is 13.8 Å². The number of carboxylic acids is 1. The Kier molecular flexibility index (Phi) is 3.29. The summed E-state index contributed by atoms with van der Waals surface area (Å²) in [6.45, 7) is 3.35. The maximum Gasteiger partial charge on any atom is 0.420 e. The van der Waals surface area contributed by atoms with Crippen molar-refractivity contribution in [3.05, 3.63) is 39.6 Å². The standard InChI is InChI=1S/C15H13N3O6/c1-6-11(7(2)24-16-6)8-4-9(13(19)20)12-10(5-8)18(15(22)23)14(21)17(12)3/h4-5H,1-3H3,(H,19,20)(H,22,23). The number of nitrogens with zero attached hydrogens (tertiary/aromatic N) is 3. The molecular formula is C15H13N3O6. The Morgan fingerprint density at radius 1 is 1.21 bits per heavy atom. The third-order valence-electron chi connectivity index (χ3n) is 3.89. The topological polar surface area (TPSA) is 128 Å². The lowest BCUT2D eigenvalue weighted by atomic mass is 10.00. The molecule has 0 bridgehead atoms. The number of benzene rings is 1. The fourth-order valence-corrected chi connectivity index (χ4v) is 2.88. The van der Waals surface area contributed by atoms with Crippen LogP contribution >= 0.6 is 0 Å². The summed E-state index contributed by atoms with van der Waals surface area (Å²) < 4.78 is 6.60. The van der Waals surface area contributed by atoms with E-state index in [-0.39, 0.29) is 16.6 Å². The largest absolute Gasteiger partial charge is 0.478 e. The van der Waals surface area contributed by atoms with Crippen LogP contribution in [0.4, 0.5) is 4.79 Å². The highest BCUT2D eigenvalue weighted by molar-refractivity contribution is 6.05. The maximum absolute atomic E-state index is 12.2. The number of carbonyl (C=O) groups is 2. The summed E-state index contributed by atoms with van der Waals surface area (Å²) in [7, 11) is 1.33. The molecule has 0 saturated heterocycles. The molecule has 0 spiro atoms. The van der Waals surface area contributed by atoms with Gasteiger partial charge in [0.05, 0.1) is 22.3 Å². The average Bonchev–Trinajstić information content (AvgIpc) is 2.96. The second-order valence-electron chi connectivity index (χ2n) is 5.36. The van der Waals surface area contributed by atoms with Crippen molar-refractivity contribution in [3.8, 4) is 11.1 Å². The Labute approximate surface area is 134 Å². The molecule has 0 unspecified atom stereocenters. The van der Waals surface area contributed by atoms with Gasteiger partial charge in [-0.1, -0.05) is 5.16 Å². The molecule has 124 valence electrons. The Bertz CT molecular complexity index is 1050. The van der Waals surface area contributed by atoms with Gasteiger partial charge in [0.1, 0.15) is 5.76 Å². The zero-order valence-corrected chi connectivity index (χ0v) is 13.0. The van der Waals surface area contributed by atoms with Crippen LogP contribution < -0.4 is 5.69 Å². The first-order valence-corrected chi connectivity index (χ1v) is 6.89. The number of hydrogen-bond donors (Lipinski definition) is 2. The number of aromatic carboxylic acids is 1. The molecule has 0 aliphatic rings. The van der Waals surface area contributed by atoms with Crippen molar-refractivity contribution < 1.29 is 24.3 Å². The van der Waals surface area contributed by atoms with Crippen LogP contribution in [-0.4, -0.2) is 36.6 Å². The predicted molar refractivity (Wildman–Crippen MR) is 82.5 cm³/mol. The third-order valence-corrected chi connectivity index (χ3v) is 3.89. The molecule has 0 aliphatic heterocycles. The summed E-state index contributed by atoms with van der Waals surface area (Å²) in [6.07, 6.45) is -1.49. The van der Waals surface area contributed by atoms with Gasteiger partial charge in [0.2, 0.25) is 0 Å². The van der Waals surface area contributed by atoms with Crippen LogP contribution in [0.1, 0.15) is 21.8 Å². The predicted octanol–water partition coefficient (Wildman–Crippen LogP) is 1.84. The molecule has 0 amide bonds. The maximum atomic E-state index is 12.2. The number of imidazole rings is 1. The highest BCUT2D eigenvalue weighted by atomic mass is 16.5. The molecule has 2 heterocycles. The van der Waals surface area contributed by atoms with E-state index in [1.54, 1.807) is 13.8 Å². The molecule has 24 heavy (non-hydrogen) atoms. The van der Waals surface area contributed by atoms with Gasteiger partial charge < -0.3 is 14.7 Å². The van der Waals surface area contributed by atoms with Gasteiger partial charge in [0.25, 0.3) is 0 Å². The smallest absolute Gasteiger partial charge is 0.420 e. The minimum Gasteiger partial charge on any atom is -0.478 e. The fourth-order valence-electron chi connectivity index (χ4n) is 2.88. The summed E-state index contributed by atoms with van der Waals surface area (Å²) in [5, 5.41) is 22.6. The molecule has 0 saturated carbocycles. The van der Waals surface area contributed by atoms with Crippen molar-refractivity contribution in [2.24, 2.45) is 7.05 Å². The van der Waals surface area contributed by atoms with Crippen LogP contribution in [0.5, 0.6) is 0 Å². The number of aryl methyl sites for hydroxylation is 3. The summed E-state index contributed by atoms with van der Waals surface area (Å²) >= 11 is 0. The molecule has 9 nitrogen and oxygen atoms in total. The minimum absolute atomic E-state index is 0.00935. The van der Waals surface area contributed by atoms with Gasteiger partial charge in [-0.3, -0.25) is 4.57 Å². The molecular weight excluding hydrogens is 318 g/mol. The lowest BCUT2D eigenvalue weighted by Crippen LogP contribution is -2.26.